The van der Waals surface area contributed by atoms with E-state index in [-0.39, 0.29) is 12.1 Å². The number of aryl methyl sites for hydroxylation is 1. The van der Waals surface area contributed by atoms with Gasteiger partial charge in [0.2, 0.25) is 0 Å². The second kappa shape index (κ2) is 7.31. The van der Waals surface area contributed by atoms with Gasteiger partial charge < -0.3 is 20.1 Å². The Morgan fingerprint density at radius 1 is 1.48 bits per heavy atom. The smallest absolute Gasteiger partial charge is 0.317 e. The fraction of sp³-hybridized carbons (Fsp3) is 0.562. The summed E-state index contributed by atoms with van der Waals surface area (Å²) in [6, 6.07) is 7.71. The minimum atomic E-state index is -0.397. The van der Waals surface area contributed by atoms with Gasteiger partial charge in [-0.2, -0.15) is 0 Å². The highest BCUT2D eigenvalue weighted by molar-refractivity contribution is 5.74. The van der Waals surface area contributed by atoms with E-state index < -0.39 is 6.10 Å². The molecule has 2 N–H and O–H groups in total. The van der Waals surface area contributed by atoms with Gasteiger partial charge in [-0.1, -0.05) is 17.7 Å². The number of amides is 2. The lowest BCUT2D eigenvalue weighted by Gasteiger charge is -2.30. The summed E-state index contributed by atoms with van der Waals surface area (Å²) in [4.78, 5) is 13.7. The number of nitrogens with one attached hydrogen (secondary N) is 1. The van der Waals surface area contributed by atoms with Crippen LogP contribution in [-0.2, 0) is 0 Å². The molecule has 1 aliphatic heterocycles. The predicted molar refractivity (Wildman–Crippen MR) is 81.5 cm³/mol. The molecule has 1 fully saturated rings. The molecule has 5 nitrogen and oxygen atoms in total. The number of aliphatic hydroxyl groups excluding tert-OH is 1. The van der Waals surface area contributed by atoms with Crippen molar-refractivity contribution in [3.05, 3.63) is 29.8 Å². The second-order valence-corrected chi connectivity index (χ2v) is 5.67. The van der Waals surface area contributed by atoms with Crippen molar-refractivity contribution in [3.63, 3.8) is 0 Å². The molecule has 116 valence electrons. The summed E-state index contributed by atoms with van der Waals surface area (Å²) >= 11 is 0. The Morgan fingerprint density at radius 3 is 2.86 bits per heavy atom. The van der Waals surface area contributed by atoms with Crippen molar-refractivity contribution >= 4 is 6.03 Å². The fourth-order valence-corrected chi connectivity index (χ4v) is 2.37. The highest BCUT2D eigenvalue weighted by Gasteiger charge is 2.22. The van der Waals surface area contributed by atoms with Crippen molar-refractivity contribution in [1.29, 1.82) is 0 Å². The fourth-order valence-electron chi connectivity index (χ4n) is 2.37. The van der Waals surface area contributed by atoms with Gasteiger partial charge in [0.05, 0.1) is 12.6 Å². The van der Waals surface area contributed by atoms with E-state index in [0.717, 1.165) is 18.6 Å². The van der Waals surface area contributed by atoms with E-state index >= 15 is 0 Å². The summed E-state index contributed by atoms with van der Waals surface area (Å²) in [5.74, 6) is 0.802. The van der Waals surface area contributed by atoms with E-state index in [0.29, 0.717) is 19.6 Å². The van der Waals surface area contributed by atoms with Gasteiger partial charge in [-0.25, -0.2) is 4.79 Å². The molecule has 0 aromatic heterocycles. The summed E-state index contributed by atoms with van der Waals surface area (Å²) in [5, 5.41) is 12.4. The topological polar surface area (TPSA) is 61.8 Å². The summed E-state index contributed by atoms with van der Waals surface area (Å²) in [5.41, 5.74) is 1.19. The molecule has 5 heteroatoms. The highest BCUT2D eigenvalue weighted by atomic mass is 16.5. The largest absolute Gasteiger partial charge is 0.489 e. The number of benzene rings is 1. The first-order valence-corrected chi connectivity index (χ1v) is 7.49. The molecule has 2 amide bonds. The highest BCUT2D eigenvalue weighted by Crippen LogP contribution is 2.13. The van der Waals surface area contributed by atoms with Crippen molar-refractivity contribution in [2.24, 2.45) is 0 Å². The number of aliphatic hydroxyl groups is 1. The maximum Gasteiger partial charge on any atom is 0.317 e. The Morgan fingerprint density at radius 2 is 2.19 bits per heavy atom. The Bertz CT molecular complexity index is 461. The molecular formula is C16H24N2O3. The third-order valence-electron chi connectivity index (χ3n) is 3.58. The number of nitrogens with zero attached hydrogens (tertiary/aromatic N) is 1. The van der Waals surface area contributed by atoms with Crippen molar-refractivity contribution < 1.29 is 14.6 Å². The van der Waals surface area contributed by atoms with Crippen LogP contribution in [0.5, 0.6) is 5.75 Å². The van der Waals surface area contributed by atoms with Crippen LogP contribution in [0.25, 0.3) is 0 Å². The Labute approximate surface area is 125 Å². The molecule has 0 aliphatic carbocycles. The first kappa shape index (κ1) is 15.6. The van der Waals surface area contributed by atoms with E-state index in [9.17, 15) is 9.90 Å². The standard InChI is InChI=1S/C16H24N2O3/c1-12-5-7-15(8-6-12)21-13(2)10-17-16(20)18-9-3-4-14(19)11-18/h5-8,13-14,19H,3-4,9-11H2,1-2H3,(H,17,20). The number of carbonyl (C=O) groups excluding carboxylic acids is 1. The van der Waals surface area contributed by atoms with Crippen LogP contribution in [0.1, 0.15) is 25.3 Å². The van der Waals surface area contributed by atoms with Gasteiger partial charge >= 0.3 is 6.03 Å². The van der Waals surface area contributed by atoms with Gasteiger partial charge in [-0.05, 0) is 38.8 Å². The van der Waals surface area contributed by atoms with E-state index in [1.54, 1.807) is 4.90 Å². The van der Waals surface area contributed by atoms with Crippen LogP contribution in [0.15, 0.2) is 24.3 Å². The average Bonchev–Trinajstić information content (AvgIpc) is 2.47. The lowest BCUT2D eigenvalue weighted by Crippen LogP contribution is -2.48. The summed E-state index contributed by atoms with van der Waals surface area (Å²) < 4.78 is 5.75. The molecule has 2 unspecified atom stereocenters. The second-order valence-electron chi connectivity index (χ2n) is 5.67. The number of hydrogen-bond acceptors (Lipinski definition) is 3. The molecule has 2 rings (SSSR count). The zero-order valence-electron chi connectivity index (χ0n) is 12.7. The molecule has 1 aromatic rings. The van der Waals surface area contributed by atoms with Gasteiger partial charge in [0.25, 0.3) is 0 Å². The summed E-state index contributed by atoms with van der Waals surface area (Å²) in [6.45, 7) is 5.51. The van der Waals surface area contributed by atoms with Crippen LogP contribution in [0.3, 0.4) is 0 Å². The summed E-state index contributed by atoms with van der Waals surface area (Å²) in [7, 11) is 0. The van der Waals surface area contributed by atoms with Crippen LogP contribution in [0.4, 0.5) is 4.79 Å². The van der Waals surface area contributed by atoms with Crippen molar-refractivity contribution in [2.75, 3.05) is 19.6 Å². The van der Waals surface area contributed by atoms with Crippen molar-refractivity contribution in [2.45, 2.75) is 38.9 Å². The lowest BCUT2D eigenvalue weighted by atomic mass is 10.1. The number of β-amino-alcohol motifs (C(OH)–C–C–N with tert-alkyl or cyclic N) is 1. The van der Waals surface area contributed by atoms with Crippen molar-refractivity contribution in [1.82, 2.24) is 10.2 Å². The minimum Gasteiger partial charge on any atom is -0.489 e. The molecule has 0 spiro atoms. The van der Waals surface area contributed by atoms with Crippen LogP contribution in [-0.4, -0.2) is 47.9 Å². The molecular weight excluding hydrogens is 268 g/mol. The van der Waals surface area contributed by atoms with Gasteiger partial charge in [0.15, 0.2) is 0 Å². The van der Waals surface area contributed by atoms with E-state index in [4.69, 9.17) is 4.74 Å². The summed E-state index contributed by atoms with van der Waals surface area (Å²) in [6.07, 6.45) is 1.12. The zero-order valence-corrected chi connectivity index (χ0v) is 12.7. The zero-order chi connectivity index (χ0) is 15.2. The number of carbonyl (C=O) groups is 1. The normalized spacial score (nSPS) is 20.0. The molecule has 0 bridgehead atoms. The lowest BCUT2D eigenvalue weighted by molar-refractivity contribution is 0.0832. The molecule has 1 saturated heterocycles. The third-order valence-corrected chi connectivity index (χ3v) is 3.58. The minimum absolute atomic E-state index is 0.105. The third kappa shape index (κ3) is 4.93. The molecule has 21 heavy (non-hydrogen) atoms. The SMILES string of the molecule is Cc1ccc(OC(C)CNC(=O)N2CCCC(O)C2)cc1. The van der Waals surface area contributed by atoms with Gasteiger partial charge in [-0.3, -0.25) is 0 Å². The maximum atomic E-state index is 12.0. The number of piperidine rings is 1. The van der Waals surface area contributed by atoms with Crippen LogP contribution in [0, 0.1) is 6.92 Å². The molecule has 2 atom stereocenters. The van der Waals surface area contributed by atoms with E-state index in [1.165, 1.54) is 5.56 Å². The Hall–Kier alpha value is -1.75. The van der Waals surface area contributed by atoms with Crippen LogP contribution in [0.2, 0.25) is 0 Å². The number of urea groups is 1. The molecule has 0 saturated carbocycles. The first-order valence-electron chi connectivity index (χ1n) is 7.49. The Kier molecular flexibility index (Phi) is 5.44. The number of hydrogen-bond donors (Lipinski definition) is 2. The molecule has 1 heterocycles. The number of rotatable bonds is 4. The average molecular weight is 292 g/mol. The van der Waals surface area contributed by atoms with Crippen molar-refractivity contribution in [3.8, 4) is 5.75 Å². The van der Waals surface area contributed by atoms with Gasteiger partial charge in [-0.15, -0.1) is 0 Å². The molecule has 0 radical (unpaired) electrons. The number of ether oxygens (including phenoxy) is 1. The number of likely N-dealkylation sites (tertiary alicyclic amines) is 1. The van der Waals surface area contributed by atoms with E-state index in [2.05, 4.69) is 5.32 Å². The molecule has 1 aromatic carbocycles. The first-order chi connectivity index (χ1) is 10.0. The van der Waals surface area contributed by atoms with E-state index in [1.807, 2.05) is 38.1 Å². The van der Waals surface area contributed by atoms with Crippen LogP contribution < -0.4 is 10.1 Å². The maximum absolute atomic E-state index is 12.0. The van der Waals surface area contributed by atoms with Crippen LogP contribution >= 0.6 is 0 Å². The van der Waals surface area contributed by atoms with Gasteiger partial charge in [0, 0.05) is 13.1 Å². The Balaban J connectivity index is 1.74. The predicted octanol–water partition coefficient (Wildman–Crippen LogP) is 1.93. The van der Waals surface area contributed by atoms with Gasteiger partial charge in [0.1, 0.15) is 11.9 Å². The molecule has 1 aliphatic rings. The monoisotopic (exact) mass is 292 g/mol. The quantitative estimate of drug-likeness (QED) is 0.891.